The number of methoxy groups -OCH3 is 3. The SMILES string of the molecule is CO[C@H]1C[C@@H]2CC[C@@H](C)C(O)(O2)C(=O)C(=O)N2CCCCC2C(=O)O[C@H]([C@H](C)C[C@@H]2CC[C@@H](OC(=O)NCCCC(O)(P(=O)(O)O)P(=O)(O)O)[C@H](OC)C2)CC(=O)C(C)=CC(C)[C@@H](O)[C@@H](OC)C(=O)[C@H](C)C[C@H](C)C=CC=CC=C1C. The highest BCUT2D eigenvalue weighted by Crippen LogP contribution is 2.69. The Balaban J connectivity index is 1.62. The predicted octanol–water partition coefficient (Wildman–Crippen LogP) is 5.70. The van der Waals surface area contributed by atoms with Crippen LogP contribution in [0.1, 0.15) is 138 Å². The number of fused-ring (bicyclic) bond motifs is 3. The number of amides is 2. The van der Waals surface area contributed by atoms with Crippen LogP contribution in [0.3, 0.4) is 0 Å². The standard InChI is InChI=1S/C56H90N2O21P2/c1-33-17-12-11-13-18-34(2)45(74-8)31-41-22-20-39(7)56(67,79-41)51(62)52(63)58-26-15-14-19-42(58)53(64)77-46(32-43(59)35(3)28-38(6)49(61)50(76-10)48(60)37(5)27-33)36(4)29-40-21-23-44(47(30-40)75-9)78-54(65)57-25-16-24-55(66,80(68,69)70)81(71,72)73/h11-13,17-18,28,33,36-42,44-47,49-50,61,66-67H,14-16,19-27,29-32H2,1-10H3,(H,57,65)(H2,68,69,70)(H2,71,72,73)/t33-,36-,37-,38?,39-,40+,41+,42?,44-,45+,46+,47-,49-,50+,56?/m1/s1. The Morgan fingerprint density at radius 2 is 1.56 bits per heavy atom. The number of aliphatic hydroxyl groups is 3. The fourth-order valence-electron chi connectivity index (χ4n) is 11.4. The third-order valence-corrected chi connectivity index (χ3v) is 20.5. The van der Waals surface area contributed by atoms with Crippen molar-refractivity contribution in [2.45, 2.75) is 198 Å². The quantitative estimate of drug-likeness (QED) is 0.0475. The molecule has 81 heavy (non-hydrogen) atoms. The van der Waals surface area contributed by atoms with Crippen molar-refractivity contribution in [3.63, 3.8) is 0 Å². The summed E-state index contributed by atoms with van der Waals surface area (Å²) in [5.41, 5.74) is 1.05. The Bertz CT molecular complexity index is 2380. The Labute approximate surface area is 475 Å². The van der Waals surface area contributed by atoms with Gasteiger partial charge in [0.05, 0.1) is 24.4 Å². The van der Waals surface area contributed by atoms with Gasteiger partial charge in [0.15, 0.2) is 11.6 Å². The van der Waals surface area contributed by atoms with Crippen molar-refractivity contribution in [2.75, 3.05) is 34.4 Å². The zero-order valence-corrected chi connectivity index (χ0v) is 50.3. The summed E-state index contributed by atoms with van der Waals surface area (Å²) >= 11 is 0. The van der Waals surface area contributed by atoms with Crippen LogP contribution in [0.5, 0.6) is 0 Å². The molecule has 15 atom stereocenters. The molecule has 1 saturated carbocycles. The number of hydrogen-bond donors (Lipinski definition) is 8. The zero-order chi connectivity index (χ0) is 60.8. The van der Waals surface area contributed by atoms with Gasteiger partial charge in [-0.3, -0.25) is 28.3 Å². The number of allylic oxidation sites excluding steroid dienone is 6. The van der Waals surface area contributed by atoms with Crippen LogP contribution in [-0.2, 0) is 61.5 Å². The van der Waals surface area contributed by atoms with Crippen molar-refractivity contribution in [3.8, 4) is 0 Å². The van der Waals surface area contributed by atoms with Crippen LogP contribution in [0.15, 0.2) is 47.6 Å². The minimum Gasteiger partial charge on any atom is -0.460 e. The summed E-state index contributed by atoms with van der Waals surface area (Å²) in [5, 5.41) is 32.5. The van der Waals surface area contributed by atoms with Crippen LogP contribution in [0.2, 0.25) is 0 Å². The lowest BCUT2D eigenvalue weighted by molar-refractivity contribution is -0.265. The van der Waals surface area contributed by atoms with Gasteiger partial charge in [0.25, 0.3) is 16.8 Å². The third kappa shape index (κ3) is 18.6. The van der Waals surface area contributed by atoms with Crippen molar-refractivity contribution >= 4 is 50.5 Å². The summed E-state index contributed by atoms with van der Waals surface area (Å²) in [5.74, 6) is -9.19. The molecule has 0 aromatic rings. The van der Waals surface area contributed by atoms with Crippen LogP contribution in [0, 0.1) is 35.5 Å². The summed E-state index contributed by atoms with van der Waals surface area (Å²) in [6.07, 6.45) is 5.99. The average Bonchev–Trinajstić information content (AvgIpc) is 3.48. The second kappa shape index (κ2) is 30.8. The number of rotatable bonds is 13. The van der Waals surface area contributed by atoms with Crippen LogP contribution < -0.4 is 5.32 Å². The first-order valence-electron chi connectivity index (χ1n) is 28.1. The van der Waals surface area contributed by atoms with Gasteiger partial charge >= 0.3 is 27.3 Å². The predicted molar refractivity (Wildman–Crippen MR) is 296 cm³/mol. The fraction of sp³-hybridized carbons (Fsp3) is 0.750. The summed E-state index contributed by atoms with van der Waals surface area (Å²) in [6.45, 7) is 11.9. The van der Waals surface area contributed by atoms with Gasteiger partial charge in [0.2, 0.25) is 5.79 Å². The number of carbonyl (C=O) groups is 6. The second-order valence-electron chi connectivity index (χ2n) is 22.9. The minimum atomic E-state index is -5.69. The molecule has 3 aliphatic heterocycles. The van der Waals surface area contributed by atoms with Crippen LogP contribution in [0.4, 0.5) is 4.79 Å². The van der Waals surface area contributed by atoms with E-state index in [1.54, 1.807) is 47.8 Å². The molecule has 23 nitrogen and oxygen atoms in total. The molecule has 4 rings (SSSR count). The third-order valence-electron chi connectivity index (χ3n) is 16.6. The molecule has 0 spiro atoms. The van der Waals surface area contributed by atoms with Gasteiger partial charge in [-0.2, -0.15) is 0 Å². The highest BCUT2D eigenvalue weighted by atomic mass is 31.2. The van der Waals surface area contributed by atoms with Gasteiger partial charge in [-0.15, -0.1) is 0 Å². The number of ether oxygens (including phenoxy) is 6. The van der Waals surface area contributed by atoms with Crippen LogP contribution >= 0.6 is 15.2 Å². The molecular weight excluding hydrogens is 1100 g/mol. The average molecular weight is 1190 g/mol. The molecule has 0 aromatic carbocycles. The van der Waals surface area contributed by atoms with Crippen molar-refractivity contribution in [1.29, 1.82) is 0 Å². The topological polar surface area (TPSA) is 349 Å². The highest BCUT2D eigenvalue weighted by molar-refractivity contribution is 7.72. The van der Waals surface area contributed by atoms with Crippen molar-refractivity contribution in [3.05, 3.63) is 47.6 Å². The molecule has 1 aliphatic carbocycles. The number of hydrogen-bond acceptors (Lipinski definition) is 17. The number of aliphatic hydroxyl groups excluding tert-OH is 1. The Morgan fingerprint density at radius 1 is 0.877 bits per heavy atom. The van der Waals surface area contributed by atoms with Gasteiger partial charge < -0.3 is 73.5 Å². The molecule has 0 radical (unpaired) electrons. The molecule has 2 bridgehead atoms. The maximum Gasteiger partial charge on any atom is 0.407 e. The van der Waals surface area contributed by atoms with E-state index in [4.69, 9.17) is 28.4 Å². The van der Waals surface area contributed by atoms with E-state index in [0.717, 1.165) is 10.5 Å². The van der Waals surface area contributed by atoms with Gasteiger partial charge in [-0.1, -0.05) is 71.1 Å². The highest BCUT2D eigenvalue weighted by Gasteiger charge is 2.59. The van der Waals surface area contributed by atoms with E-state index in [2.05, 4.69) is 5.32 Å². The molecule has 25 heteroatoms. The number of Topliss-reactive ketones (excluding diaryl/α,β-unsaturated/α-hetero) is 3. The molecule has 3 fully saturated rings. The molecular formula is C56H90N2O21P2. The first-order valence-corrected chi connectivity index (χ1v) is 31.3. The zero-order valence-electron chi connectivity index (χ0n) is 48.5. The normalized spacial score (nSPS) is 33.2. The van der Waals surface area contributed by atoms with Crippen LogP contribution in [0.25, 0.3) is 0 Å². The number of esters is 1. The summed E-state index contributed by atoms with van der Waals surface area (Å²) in [6, 6.07) is -1.26. The monoisotopic (exact) mass is 1190 g/mol. The van der Waals surface area contributed by atoms with E-state index in [9.17, 15) is 72.8 Å². The molecule has 2 saturated heterocycles. The van der Waals surface area contributed by atoms with E-state index in [1.165, 1.54) is 14.2 Å². The minimum absolute atomic E-state index is 0.00113. The van der Waals surface area contributed by atoms with Gasteiger partial charge in [0.1, 0.15) is 24.4 Å². The van der Waals surface area contributed by atoms with E-state index in [0.29, 0.717) is 51.4 Å². The van der Waals surface area contributed by atoms with Gasteiger partial charge in [-0.25, -0.2) is 9.59 Å². The second-order valence-corrected chi connectivity index (χ2v) is 26.9. The summed E-state index contributed by atoms with van der Waals surface area (Å²) in [4.78, 5) is 123. The smallest absolute Gasteiger partial charge is 0.407 e. The summed E-state index contributed by atoms with van der Waals surface area (Å²) in [7, 11) is -7.07. The lowest BCUT2D eigenvalue weighted by Gasteiger charge is -2.42. The molecule has 4 aliphatic rings. The van der Waals surface area contributed by atoms with Crippen molar-refractivity contribution < 1.29 is 101 Å². The lowest BCUT2D eigenvalue weighted by Crippen LogP contribution is -2.61. The van der Waals surface area contributed by atoms with E-state index < -0.39 is 141 Å². The number of piperidine rings is 1. The Kier molecular flexibility index (Phi) is 26.5. The maximum atomic E-state index is 14.6. The number of nitrogens with one attached hydrogen (secondary N) is 1. The first-order chi connectivity index (χ1) is 37.8. The molecule has 3 unspecified atom stereocenters. The first kappa shape index (κ1) is 69.7. The number of cyclic esters (lactones) is 1. The Morgan fingerprint density at radius 3 is 2.19 bits per heavy atom. The van der Waals surface area contributed by atoms with Crippen molar-refractivity contribution in [2.24, 2.45) is 35.5 Å². The van der Waals surface area contributed by atoms with Crippen LogP contribution in [-0.4, -0.2) is 169 Å². The molecule has 0 aromatic heterocycles. The van der Waals surface area contributed by atoms with E-state index in [1.807, 2.05) is 44.2 Å². The van der Waals surface area contributed by atoms with Gasteiger partial charge in [-0.05, 0) is 113 Å². The number of carbonyl (C=O) groups excluding carboxylic acids is 6. The largest absolute Gasteiger partial charge is 0.460 e. The van der Waals surface area contributed by atoms with E-state index in [-0.39, 0.29) is 62.0 Å². The number of nitrogens with zero attached hydrogens (tertiary/aromatic N) is 1. The number of ketones is 3. The van der Waals surface area contributed by atoms with Crippen molar-refractivity contribution in [1.82, 2.24) is 10.2 Å². The van der Waals surface area contributed by atoms with E-state index >= 15 is 0 Å². The lowest BCUT2D eigenvalue weighted by atomic mass is 9.78. The molecule has 8 N–H and O–H groups in total. The molecule has 2 amide bonds. The summed E-state index contributed by atoms with van der Waals surface area (Å²) < 4.78 is 58.7. The molecule has 460 valence electrons. The van der Waals surface area contributed by atoms with Gasteiger partial charge in [0, 0.05) is 71.4 Å². The number of alkyl carbamates (subject to hydrolysis) is 1. The Hall–Kier alpha value is -3.80. The fourth-order valence-corrected chi connectivity index (χ4v) is 13.7. The maximum absolute atomic E-state index is 14.6. The molecule has 3 heterocycles.